The number of phosphoric ester groups is 1. The fourth-order valence-electron chi connectivity index (χ4n) is 8.04. The van der Waals surface area contributed by atoms with Crippen molar-refractivity contribution in [2.24, 2.45) is 0 Å². The summed E-state index contributed by atoms with van der Waals surface area (Å²) in [5.41, 5.74) is 0. The number of hydrogen-bond donors (Lipinski definition) is 1. The first-order valence-electron chi connectivity index (χ1n) is 28.4. The molecule has 68 heavy (non-hydrogen) atoms. The van der Waals surface area contributed by atoms with Crippen molar-refractivity contribution in [2.45, 2.75) is 270 Å². The van der Waals surface area contributed by atoms with Gasteiger partial charge in [-0.05, 0) is 76.7 Å². The standard InChI is InChI=1S/C58H109N2O7P/c1-7-10-13-16-19-22-25-28-29-30-31-33-36-39-42-45-48-51-58(62)67-56(49-46-43-40-37-34-27-24-21-18-15-12-9-3)55(54-66-68(63,64)65-53-52-60(4,5)6)59-57(61)50-47-44-41-38-35-32-26-23-20-17-14-11-8-2/h28-29,32,35,41,44,46,49,55-56H,7-27,30-31,33-34,36-40,42-43,45,47-48,50-54H2,1-6H3,(H-,59,61,63,64)/b29-28+,35-32-,44-41+,49-46+. The van der Waals surface area contributed by atoms with Gasteiger partial charge in [-0.15, -0.1) is 0 Å². The summed E-state index contributed by atoms with van der Waals surface area (Å²) in [6.07, 6.45) is 58.0. The van der Waals surface area contributed by atoms with Gasteiger partial charge >= 0.3 is 5.97 Å². The van der Waals surface area contributed by atoms with Gasteiger partial charge in [-0.1, -0.05) is 217 Å². The van der Waals surface area contributed by atoms with E-state index in [1.807, 2.05) is 39.4 Å². The first-order valence-corrected chi connectivity index (χ1v) is 29.9. The maximum Gasteiger partial charge on any atom is 0.306 e. The molecule has 0 aromatic heterocycles. The van der Waals surface area contributed by atoms with Gasteiger partial charge in [0.2, 0.25) is 5.91 Å². The lowest BCUT2D eigenvalue weighted by Crippen LogP contribution is -2.47. The number of quaternary nitrogens is 1. The normalized spacial score (nSPS) is 14.2. The Kier molecular flexibility index (Phi) is 47.1. The topological polar surface area (TPSA) is 114 Å². The Morgan fingerprint density at radius 2 is 0.912 bits per heavy atom. The molecule has 0 bridgehead atoms. The molecule has 0 aliphatic carbocycles. The summed E-state index contributed by atoms with van der Waals surface area (Å²) in [7, 11) is 1.15. The van der Waals surface area contributed by atoms with Crippen LogP contribution in [0.5, 0.6) is 0 Å². The van der Waals surface area contributed by atoms with Gasteiger partial charge in [0.25, 0.3) is 7.82 Å². The summed E-state index contributed by atoms with van der Waals surface area (Å²) < 4.78 is 30.1. The number of likely N-dealkylation sites (N-methyl/N-ethyl adjacent to an activating group) is 1. The molecule has 0 saturated carbocycles. The highest BCUT2D eigenvalue weighted by Crippen LogP contribution is 2.38. The van der Waals surface area contributed by atoms with E-state index in [0.717, 1.165) is 64.2 Å². The second-order valence-corrected chi connectivity index (χ2v) is 21.8. The van der Waals surface area contributed by atoms with Crippen LogP contribution in [-0.4, -0.2) is 69.4 Å². The Labute approximate surface area is 420 Å². The van der Waals surface area contributed by atoms with E-state index in [2.05, 4.69) is 56.5 Å². The van der Waals surface area contributed by atoms with Gasteiger partial charge in [0.15, 0.2) is 0 Å². The van der Waals surface area contributed by atoms with E-state index in [1.54, 1.807) is 0 Å². The van der Waals surface area contributed by atoms with E-state index in [-0.39, 0.29) is 31.3 Å². The maximum absolute atomic E-state index is 13.4. The number of nitrogens with one attached hydrogen (secondary N) is 1. The summed E-state index contributed by atoms with van der Waals surface area (Å²) >= 11 is 0. The van der Waals surface area contributed by atoms with Crippen LogP contribution in [0.15, 0.2) is 48.6 Å². The smallest absolute Gasteiger partial charge is 0.306 e. The molecule has 0 spiro atoms. The number of ether oxygens (including phenoxy) is 1. The monoisotopic (exact) mass is 977 g/mol. The third kappa shape index (κ3) is 49.0. The van der Waals surface area contributed by atoms with Gasteiger partial charge in [0, 0.05) is 12.8 Å². The van der Waals surface area contributed by atoms with Crippen molar-refractivity contribution in [1.82, 2.24) is 5.32 Å². The largest absolute Gasteiger partial charge is 0.756 e. The lowest BCUT2D eigenvalue weighted by atomic mass is 10.1. The number of esters is 1. The van der Waals surface area contributed by atoms with Crippen molar-refractivity contribution in [1.29, 1.82) is 0 Å². The molecule has 0 heterocycles. The van der Waals surface area contributed by atoms with Crippen molar-refractivity contribution < 1.29 is 37.3 Å². The first kappa shape index (κ1) is 66.0. The van der Waals surface area contributed by atoms with Gasteiger partial charge in [0.1, 0.15) is 19.3 Å². The Balaban J connectivity index is 5.41. The van der Waals surface area contributed by atoms with Crippen molar-refractivity contribution >= 4 is 19.7 Å². The van der Waals surface area contributed by atoms with Crippen LogP contribution in [0.3, 0.4) is 0 Å². The Hall–Kier alpha value is -2.03. The molecule has 0 fully saturated rings. The number of phosphoric acid groups is 1. The Morgan fingerprint density at radius 1 is 0.515 bits per heavy atom. The average molecular weight is 977 g/mol. The predicted molar refractivity (Wildman–Crippen MR) is 289 cm³/mol. The van der Waals surface area contributed by atoms with Crippen LogP contribution in [0.4, 0.5) is 0 Å². The molecule has 3 atom stereocenters. The van der Waals surface area contributed by atoms with Crippen molar-refractivity contribution in [3.8, 4) is 0 Å². The number of amides is 1. The number of nitrogens with zero attached hydrogens (tertiary/aromatic N) is 1. The number of hydrogen-bond acceptors (Lipinski definition) is 7. The van der Waals surface area contributed by atoms with Crippen LogP contribution in [0.2, 0.25) is 0 Å². The highest BCUT2D eigenvalue weighted by Gasteiger charge is 2.27. The van der Waals surface area contributed by atoms with Gasteiger partial charge in [-0.2, -0.15) is 0 Å². The fraction of sp³-hybridized carbons (Fsp3) is 0.828. The zero-order chi connectivity index (χ0) is 50.1. The summed E-state index contributed by atoms with van der Waals surface area (Å²) in [4.78, 5) is 39.7. The molecule has 0 radical (unpaired) electrons. The second kappa shape index (κ2) is 48.6. The summed E-state index contributed by atoms with van der Waals surface area (Å²) in [6.45, 7) is 6.78. The van der Waals surface area contributed by atoms with Crippen molar-refractivity contribution in [3.63, 3.8) is 0 Å². The van der Waals surface area contributed by atoms with Crippen LogP contribution >= 0.6 is 7.82 Å². The minimum atomic E-state index is -4.70. The Bertz CT molecular complexity index is 1310. The molecule has 0 aromatic rings. The highest BCUT2D eigenvalue weighted by atomic mass is 31.2. The van der Waals surface area contributed by atoms with Crippen LogP contribution in [0, 0.1) is 0 Å². The molecule has 0 aliphatic heterocycles. The zero-order valence-corrected chi connectivity index (χ0v) is 46.2. The molecule has 0 aromatic carbocycles. The van der Waals surface area contributed by atoms with E-state index >= 15 is 0 Å². The molecule has 1 amide bonds. The molecule has 0 rings (SSSR count). The molecular formula is C58H109N2O7P. The van der Waals surface area contributed by atoms with Gasteiger partial charge in [-0.25, -0.2) is 0 Å². The molecule has 1 N–H and O–H groups in total. The van der Waals surface area contributed by atoms with E-state index in [9.17, 15) is 19.0 Å². The van der Waals surface area contributed by atoms with E-state index < -0.39 is 26.6 Å². The van der Waals surface area contributed by atoms with Gasteiger partial charge in [0.05, 0.1) is 33.8 Å². The number of carbonyl (C=O) groups is 2. The summed E-state index contributed by atoms with van der Waals surface area (Å²) in [5.74, 6) is -0.621. The fourth-order valence-corrected chi connectivity index (χ4v) is 8.76. The summed E-state index contributed by atoms with van der Waals surface area (Å²) in [6, 6.07) is -0.918. The van der Waals surface area contributed by atoms with E-state index in [1.165, 1.54) is 154 Å². The number of carbonyl (C=O) groups excluding carboxylic acids is 2. The predicted octanol–water partition coefficient (Wildman–Crippen LogP) is 16.3. The molecule has 0 aliphatic rings. The average Bonchev–Trinajstić information content (AvgIpc) is 3.29. The van der Waals surface area contributed by atoms with Crippen LogP contribution in [-0.2, 0) is 27.9 Å². The van der Waals surface area contributed by atoms with Crippen LogP contribution < -0.4 is 10.2 Å². The van der Waals surface area contributed by atoms with Gasteiger partial charge < -0.3 is 28.5 Å². The number of rotatable bonds is 51. The van der Waals surface area contributed by atoms with Crippen molar-refractivity contribution in [3.05, 3.63) is 48.6 Å². The zero-order valence-electron chi connectivity index (χ0n) is 45.3. The molecule has 9 nitrogen and oxygen atoms in total. The van der Waals surface area contributed by atoms with Crippen LogP contribution in [0.1, 0.15) is 258 Å². The Morgan fingerprint density at radius 3 is 1.37 bits per heavy atom. The minimum absolute atomic E-state index is 0.0320. The molecule has 0 saturated heterocycles. The van der Waals surface area contributed by atoms with Crippen molar-refractivity contribution in [2.75, 3.05) is 40.9 Å². The SMILES string of the molecule is CCCCCCCC/C=C\C/C=C/CCC(=O)NC(COP(=O)([O-])OCC[N+](C)(C)C)C(/C=C/CCCCCCCCCCCC)OC(=O)CCCCCCCCC/C=C/CCCCCCCC. The number of allylic oxidation sites excluding steroid dienone is 7. The summed E-state index contributed by atoms with van der Waals surface area (Å²) in [5, 5.41) is 2.97. The first-order chi connectivity index (χ1) is 32.9. The van der Waals surface area contributed by atoms with Gasteiger partial charge in [-0.3, -0.25) is 14.2 Å². The molecule has 10 heteroatoms. The third-order valence-corrected chi connectivity index (χ3v) is 13.5. The molecule has 3 unspecified atom stereocenters. The minimum Gasteiger partial charge on any atom is -0.756 e. The second-order valence-electron chi connectivity index (χ2n) is 20.4. The maximum atomic E-state index is 13.4. The number of unbranched alkanes of at least 4 members (excludes halogenated alkanes) is 29. The lowest BCUT2D eigenvalue weighted by molar-refractivity contribution is -0.870. The van der Waals surface area contributed by atoms with E-state index in [4.69, 9.17) is 13.8 Å². The molecule has 398 valence electrons. The van der Waals surface area contributed by atoms with Crippen LogP contribution in [0.25, 0.3) is 0 Å². The van der Waals surface area contributed by atoms with E-state index in [0.29, 0.717) is 17.4 Å². The molecular weight excluding hydrogens is 868 g/mol. The lowest BCUT2D eigenvalue weighted by Gasteiger charge is -2.30. The highest BCUT2D eigenvalue weighted by molar-refractivity contribution is 7.45. The quantitative estimate of drug-likeness (QED) is 0.0212. The third-order valence-electron chi connectivity index (χ3n) is 12.5.